The number of benzene rings is 18. The van der Waals surface area contributed by atoms with Gasteiger partial charge >= 0.3 is 0 Å². The maximum Gasteiger partial charge on any atom is 0.143 e. The fourth-order valence-corrected chi connectivity index (χ4v) is 22.9. The van der Waals surface area contributed by atoms with Crippen LogP contribution in [-0.4, -0.2) is 13.7 Å². The summed E-state index contributed by atoms with van der Waals surface area (Å²) in [5.74, 6) is 0. The van der Waals surface area contributed by atoms with Crippen molar-refractivity contribution >= 4 is 193 Å². The third kappa shape index (κ3) is 11.4. The van der Waals surface area contributed by atoms with Crippen LogP contribution in [0.4, 0.5) is 0 Å². The van der Waals surface area contributed by atoms with Crippen LogP contribution in [0, 0.1) is 0 Å². The lowest BCUT2D eigenvalue weighted by atomic mass is 9.92. The molecule has 0 aliphatic rings. The summed E-state index contributed by atoms with van der Waals surface area (Å²) in [4.78, 5) is 0. The van der Waals surface area contributed by atoms with Crippen molar-refractivity contribution in [2.24, 2.45) is 0 Å². The van der Waals surface area contributed by atoms with E-state index in [9.17, 15) is 0 Å². The van der Waals surface area contributed by atoms with Gasteiger partial charge in [0.05, 0.1) is 47.2 Å². The summed E-state index contributed by atoms with van der Waals surface area (Å²) < 4.78 is 33.9. The van der Waals surface area contributed by atoms with Gasteiger partial charge in [-0.05, 0) is 176 Å². The summed E-state index contributed by atoms with van der Waals surface area (Å²) in [7, 11) is 0. The largest absolute Gasteiger partial charge is 0.456 e. The number of para-hydroxylation sites is 10. The van der Waals surface area contributed by atoms with E-state index in [1.807, 2.05) is 70.4 Å². The molecule has 0 unspecified atom stereocenters. The van der Waals surface area contributed by atoms with Crippen LogP contribution in [0.25, 0.3) is 243 Å². The van der Waals surface area contributed by atoms with Gasteiger partial charge in [0, 0.05) is 101 Å². The first-order valence-electron chi connectivity index (χ1n) is 41.6. The van der Waals surface area contributed by atoms with Crippen molar-refractivity contribution in [3.05, 3.63) is 419 Å². The fraction of sp³-hybridized carbons (Fsp3) is 0. The Morgan fingerprint density at radius 3 is 1.03 bits per heavy atom. The highest BCUT2D eigenvalue weighted by atomic mass is 32.1. The predicted molar refractivity (Wildman–Crippen MR) is 523 cm³/mol. The van der Waals surface area contributed by atoms with E-state index >= 15 is 0 Å². The highest BCUT2D eigenvalue weighted by Gasteiger charge is 2.25. The molecule has 576 valence electrons. The molecule has 9 aromatic heterocycles. The minimum absolute atomic E-state index is 0.920. The number of rotatable bonds is 9. The molecular formula is C114H69N3O3S3. The number of hydrogen-bond donors (Lipinski definition) is 0. The average molecular weight is 1630 g/mol. The Hall–Kier alpha value is -15.4. The van der Waals surface area contributed by atoms with Crippen molar-refractivity contribution in [2.45, 2.75) is 0 Å². The van der Waals surface area contributed by atoms with Gasteiger partial charge in [0.15, 0.2) is 0 Å². The summed E-state index contributed by atoms with van der Waals surface area (Å²) in [5, 5.41) is 14.7. The van der Waals surface area contributed by atoms with E-state index in [1.165, 1.54) is 177 Å². The molecule has 0 bridgehead atoms. The van der Waals surface area contributed by atoms with E-state index in [0.29, 0.717) is 0 Å². The van der Waals surface area contributed by atoms with Gasteiger partial charge in [0.1, 0.15) is 33.5 Å². The van der Waals surface area contributed by atoms with Gasteiger partial charge in [-0.2, -0.15) is 0 Å². The molecule has 0 atom stereocenters. The quantitative estimate of drug-likeness (QED) is 0.145. The molecule has 0 aliphatic heterocycles. The molecule has 0 saturated carbocycles. The predicted octanol–water partition coefficient (Wildman–Crippen LogP) is 33.7. The maximum atomic E-state index is 6.44. The highest BCUT2D eigenvalue weighted by Crippen LogP contribution is 2.51. The van der Waals surface area contributed by atoms with Gasteiger partial charge in [-0.15, -0.1) is 34.0 Å². The Morgan fingerprint density at radius 1 is 0.179 bits per heavy atom. The lowest BCUT2D eigenvalue weighted by Gasteiger charge is -2.12. The molecule has 0 fully saturated rings. The standard InChI is InChI=1S/3C38H23NOS/c1-2-11-25(12-3-1)39-33-19-8-6-16-31(33)38-36(39)32-23-24(21-22-35(32)41-38)26-13-4-5-14-27(26)29-17-10-18-30-28-15-7-9-20-34(28)40-37(29)30;1-2-11-25(12-3-1)39-32-18-8-6-15-29(32)38-37(39)31-22-21-24(23-35(31)41-38)26-13-4-5-14-27(26)28-17-10-20-34-36(28)30-16-7-9-19-33(30)40-34;1-2-10-26(11-3-1)39-33-16-8-6-15-30(33)38-37(39)31-20-18-25(23-36(31)41-38)28-13-5-4-12-27(28)24-19-21-35-32(22-24)29-14-7-9-17-34(29)40-35/h3*1-23H. The van der Waals surface area contributed by atoms with E-state index in [2.05, 4.69) is 396 Å². The molecule has 123 heavy (non-hydrogen) atoms. The Labute approximate surface area is 717 Å². The topological polar surface area (TPSA) is 54.2 Å². The third-order valence-corrected chi connectivity index (χ3v) is 28.2. The maximum absolute atomic E-state index is 6.44. The Kier molecular flexibility index (Phi) is 16.5. The Bertz CT molecular complexity index is 8910. The van der Waals surface area contributed by atoms with Crippen LogP contribution in [-0.2, 0) is 0 Å². The zero-order chi connectivity index (χ0) is 80.7. The van der Waals surface area contributed by atoms with Gasteiger partial charge in [-0.3, -0.25) is 0 Å². The normalized spacial score (nSPS) is 11.9. The van der Waals surface area contributed by atoms with Crippen molar-refractivity contribution in [3.63, 3.8) is 0 Å². The smallest absolute Gasteiger partial charge is 0.143 e. The van der Waals surface area contributed by atoms with E-state index < -0.39 is 0 Å². The Balaban J connectivity index is 0.000000101. The van der Waals surface area contributed by atoms with Crippen molar-refractivity contribution in [1.82, 2.24) is 13.7 Å². The zero-order valence-electron chi connectivity index (χ0n) is 66.1. The Morgan fingerprint density at radius 2 is 0.504 bits per heavy atom. The van der Waals surface area contributed by atoms with Crippen LogP contribution in [0.5, 0.6) is 0 Å². The molecule has 9 heterocycles. The molecule has 0 aliphatic carbocycles. The minimum Gasteiger partial charge on any atom is -0.456 e. The molecule has 0 spiro atoms. The van der Waals surface area contributed by atoms with E-state index in [0.717, 1.165) is 66.0 Å². The lowest BCUT2D eigenvalue weighted by molar-refractivity contribution is 0.668. The number of nitrogens with zero attached hydrogens (tertiary/aromatic N) is 3. The summed E-state index contributed by atoms with van der Waals surface area (Å²) >= 11 is 5.66. The number of thiophene rings is 3. The van der Waals surface area contributed by atoms with Gasteiger partial charge in [0.2, 0.25) is 0 Å². The molecule has 27 aromatic rings. The number of aromatic nitrogens is 3. The molecular weight excluding hydrogens is 1560 g/mol. The number of hydrogen-bond acceptors (Lipinski definition) is 6. The van der Waals surface area contributed by atoms with Crippen LogP contribution in [0.3, 0.4) is 0 Å². The monoisotopic (exact) mass is 1620 g/mol. The van der Waals surface area contributed by atoms with Gasteiger partial charge in [-0.1, -0.05) is 303 Å². The van der Waals surface area contributed by atoms with Crippen LogP contribution in [0.1, 0.15) is 0 Å². The first-order chi connectivity index (χ1) is 61.0. The third-order valence-electron chi connectivity index (χ3n) is 24.7. The van der Waals surface area contributed by atoms with Crippen LogP contribution in [0.2, 0.25) is 0 Å². The minimum atomic E-state index is 0.920. The first-order valence-corrected chi connectivity index (χ1v) is 44.0. The van der Waals surface area contributed by atoms with Crippen molar-refractivity contribution in [2.75, 3.05) is 0 Å². The highest BCUT2D eigenvalue weighted by molar-refractivity contribution is 7.27. The molecule has 9 heteroatoms. The fourth-order valence-electron chi connectivity index (χ4n) is 19.2. The summed E-state index contributed by atoms with van der Waals surface area (Å²) in [6.07, 6.45) is 0. The molecule has 27 rings (SSSR count). The number of fused-ring (bicyclic) bond motifs is 24. The molecule has 6 nitrogen and oxygen atoms in total. The molecule has 18 aromatic carbocycles. The summed E-state index contributed by atoms with van der Waals surface area (Å²) in [6, 6.07) is 150. The second-order valence-corrected chi connectivity index (χ2v) is 34.7. The molecule has 0 amide bonds. The van der Waals surface area contributed by atoms with E-state index in [-0.39, 0.29) is 0 Å². The van der Waals surface area contributed by atoms with Gasteiger partial charge in [0.25, 0.3) is 0 Å². The van der Waals surface area contributed by atoms with Crippen LogP contribution >= 0.6 is 34.0 Å². The zero-order valence-corrected chi connectivity index (χ0v) is 68.6. The second kappa shape index (κ2) is 28.7. The first kappa shape index (κ1) is 70.6. The average Bonchev–Trinajstić information content (AvgIpc) is 1.57. The summed E-state index contributed by atoms with van der Waals surface area (Å²) in [5.41, 5.74) is 31.1. The number of furan rings is 3. The van der Waals surface area contributed by atoms with Crippen molar-refractivity contribution < 1.29 is 13.3 Å². The van der Waals surface area contributed by atoms with Crippen LogP contribution in [0.15, 0.2) is 432 Å². The molecule has 0 radical (unpaired) electrons. The molecule has 0 N–H and O–H groups in total. The van der Waals surface area contributed by atoms with Crippen LogP contribution < -0.4 is 0 Å². The van der Waals surface area contributed by atoms with E-state index in [4.69, 9.17) is 13.3 Å². The van der Waals surface area contributed by atoms with Crippen molar-refractivity contribution in [3.8, 4) is 83.8 Å². The van der Waals surface area contributed by atoms with Gasteiger partial charge < -0.3 is 27.0 Å². The summed E-state index contributed by atoms with van der Waals surface area (Å²) in [6.45, 7) is 0. The molecule has 0 saturated heterocycles. The lowest BCUT2D eigenvalue weighted by Crippen LogP contribution is -1.93. The second-order valence-electron chi connectivity index (χ2n) is 31.5. The van der Waals surface area contributed by atoms with Gasteiger partial charge in [-0.25, -0.2) is 0 Å². The van der Waals surface area contributed by atoms with E-state index in [1.54, 1.807) is 0 Å². The van der Waals surface area contributed by atoms with Crippen molar-refractivity contribution in [1.29, 1.82) is 0 Å². The SMILES string of the molecule is c1ccc(-n2c3ccccc3c3sc4cc(-c5ccccc5-c5ccc6oc7ccccc7c6c5)ccc4c32)cc1.c1ccc(-n2c3ccccc3c3sc4cc(-c5ccccc5-c5cccc6oc7ccccc7c56)ccc4c32)cc1.c1ccc(-n2c3ccccc3c3sc4ccc(-c5ccccc5-c5cccc6c5oc5ccccc56)cc4c32)cc1.